The summed E-state index contributed by atoms with van der Waals surface area (Å²) in [6, 6.07) is 8.16. The van der Waals surface area contributed by atoms with Crippen molar-refractivity contribution < 1.29 is 18.8 Å². The minimum absolute atomic E-state index is 0.00398. The fourth-order valence-corrected chi connectivity index (χ4v) is 2.24. The molecule has 0 bridgehead atoms. The van der Waals surface area contributed by atoms with Crippen LogP contribution in [-0.4, -0.2) is 11.2 Å². The quantitative estimate of drug-likeness (QED) is 0.464. The number of halogens is 2. The van der Waals surface area contributed by atoms with Gasteiger partial charge >= 0.3 is 0 Å². The van der Waals surface area contributed by atoms with Gasteiger partial charge in [-0.15, -0.1) is 0 Å². The van der Waals surface area contributed by atoms with E-state index < -0.39 is 10.7 Å². The van der Waals surface area contributed by atoms with Gasteiger partial charge in [0.05, 0.1) is 4.92 Å². The third-order valence-electron chi connectivity index (χ3n) is 2.68. The summed E-state index contributed by atoms with van der Waals surface area (Å²) in [5.41, 5.74) is 0.619. The predicted molar refractivity (Wildman–Crippen MR) is 76.9 cm³/mol. The van der Waals surface area contributed by atoms with Crippen LogP contribution in [0, 0.1) is 15.9 Å². The zero-order valence-corrected chi connectivity index (χ0v) is 12.2. The molecule has 0 aromatic heterocycles. The van der Waals surface area contributed by atoms with Crippen LogP contribution in [0.4, 0.5) is 10.1 Å². The van der Waals surface area contributed by atoms with Gasteiger partial charge in [0.15, 0.2) is 0 Å². The highest BCUT2D eigenvalue weighted by Crippen LogP contribution is 2.29. The van der Waals surface area contributed by atoms with Gasteiger partial charge in [-0.05, 0) is 28.1 Å². The average Bonchev–Trinajstić information content (AvgIpc) is 2.45. The molecule has 7 heteroatoms. The standard InChI is InChI=1S/C14H9BrFNO4/c15-14-10(2-1-3-13(14)17(19)20)8-21-12-5-9(7-18)4-11(16)6-12/h1-7H,8H2. The lowest BCUT2D eigenvalue weighted by atomic mass is 10.2. The van der Waals surface area contributed by atoms with Crippen molar-refractivity contribution in [1.29, 1.82) is 0 Å². The Hall–Kier alpha value is -2.28. The molecule has 0 aliphatic carbocycles. The molecule has 0 heterocycles. The number of aldehydes is 1. The summed E-state index contributed by atoms with van der Waals surface area (Å²) in [4.78, 5) is 21.0. The monoisotopic (exact) mass is 353 g/mol. The molecule has 0 radical (unpaired) electrons. The number of hydrogen-bond donors (Lipinski definition) is 0. The first-order valence-corrected chi connectivity index (χ1v) is 6.61. The van der Waals surface area contributed by atoms with Crippen LogP contribution in [0.1, 0.15) is 15.9 Å². The Morgan fingerprint density at radius 1 is 1.33 bits per heavy atom. The average molecular weight is 354 g/mol. The van der Waals surface area contributed by atoms with Crippen molar-refractivity contribution >= 4 is 27.9 Å². The molecule has 2 aromatic rings. The maximum atomic E-state index is 13.3. The van der Waals surface area contributed by atoms with Crippen LogP contribution in [0.3, 0.4) is 0 Å². The topological polar surface area (TPSA) is 69.4 Å². The highest BCUT2D eigenvalue weighted by molar-refractivity contribution is 9.10. The fourth-order valence-electron chi connectivity index (χ4n) is 1.72. The Balaban J connectivity index is 2.20. The van der Waals surface area contributed by atoms with Crippen molar-refractivity contribution in [1.82, 2.24) is 0 Å². The number of hydrogen-bond acceptors (Lipinski definition) is 4. The summed E-state index contributed by atoms with van der Waals surface area (Å²) in [6.07, 6.45) is 0.513. The molecule has 0 N–H and O–H groups in total. The summed E-state index contributed by atoms with van der Waals surface area (Å²) >= 11 is 3.15. The smallest absolute Gasteiger partial charge is 0.283 e. The number of ether oxygens (including phenoxy) is 1. The van der Waals surface area contributed by atoms with Gasteiger partial charge in [0, 0.05) is 23.3 Å². The molecule has 2 aromatic carbocycles. The zero-order chi connectivity index (χ0) is 15.4. The predicted octanol–water partition coefficient (Wildman–Crippen LogP) is 3.89. The molecule has 5 nitrogen and oxygen atoms in total. The van der Waals surface area contributed by atoms with E-state index in [0.29, 0.717) is 16.3 Å². The lowest BCUT2D eigenvalue weighted by molar-refractivity contribution is -0.385. The van der Waals surface area contributed by atoms with Gasteiger partial charge in [-0.3, -0.25) is 14.9 Å². The van der Waals surface area contributed by atoms with Gasteiger partial charge in [-0.2, -0.15) is 0 Å². The second-order valence-electron chi connectivity index (χ2n) is 4.13. The van der Waals surface area contributed by atoms with Crippen molar-refractivity contribution in [2.45, 2.75) is 6.61 Å². The van der Waals surface area contributed by atoms with E-state index in [4.69, 9.17) is 4.74 Å². The molecular weight excluding hydrogens is 345 g/mol. The van der Waals surface area contributed by atoms with Crippen LogP contribution in [0.2, 0.25) is 0 Å². The third-order valence-corrected chi connectivity index (χ3v) is 3.59. The molecule has 108 valence electrons. The molecule has 0 fully saturated rings. The molecule has 0 saturated carbocycles. The number of nitro groups is 1. The van der Waals surface area contributed by atoms with E-state index in [0.717, 1.165) is 12.1 Å². The molecular formula is C14H9BrFNO4. The molecule has 0 spiro atoms. The van der Waals surface area contributed by atoms with E-state index in [1.54, 1.807) is 6.07 Å². The molecule has 0 atom stereocenters. The fraction of sp³-hybridized carbons (Fsp3) is 0.0714. The summed E-state index contributed by atoms with van der Waals surface area (Å²) in [5.74, 6) is -0.414. The Bertz CT molecular complexity index is 705. The summed E-state index contributed by atoms with van der Waals surface area (Å²) in [5, 5.41) is 10.8. The first-order valence-electron chi connectivity index (χ1n) is 5.81. The van der Waals surface area contributed by atoms with Crippen LogP contribution in [-0.2, 0) is 6.61 Å². The Kier molecular flexibility index (Phi) is 4.64. The molecule has 0 unspecified atom stereocenters. The van der Waals surface area contributed by atoms with E-state index >= 15 is 0 Å². The lowest BCUT2D eigenvalue weighted by Gasteiger charge is -2.08. The molecule has 0 aliphatic heterocycles. The van der Waals surface area contributed by atoms with E-state index in [2.05, 4.69) is 15.9 Å². The second-order valence-corrected chi connectivity index (χ2v) is 4.93. The van der Waals surface area contributed by atoms with Gasteiger partial charge in [-0.1, -0.05) is 12.1 Å². The van der Waals surface area contributed by atoms with Crippen LogP contribution in [0.5, 0.6) is 5.75 Å². The Morgan fingerprint density at radius 3 is 2.76 bits per heavy atom. The molecule has 0 saturated heterocycles. The van der Waals surface area contributed by atoms with Gasteiger partial charge in [0.25, 0.3) is 5.69 Å². The lowest BCUT2D eigenvalue weighted by Crippen LogP contribution is -2.00. The molecule has 2 rings (SSSR count). The first-order chi connectivity index (χ1) is 10.0. The van der Waals surface area contributed by atoms with Crippen molar-refractivity contribution in [3.63, 3.8) is 0 Å². The van der Waals surface area contributed by atoms with E-state index in [1.807, 2.05) is 0 Å². The van der Waals surface area contributed by atoms with E-state index in [9.17, 15) is 19.3 Å². The highest BCUT2D eigenvalue weighted by atomic mass is 79.9. The van der Waals surface area contributed by atoms with Gasteiger partial charge in [-0.25, -0.2) is 4.39 Å². The van der Waals surface area contributed by atoms with Crippen LogP contribution in [0.25, 0.3) is 0 Å². The normalized spacial score (nSPS) is 10.2. The minimum Gasteiger partial charge on any atom is -0.489 e. The number of benzene rings is 2. The maximum absolute atomic E-state index is 13.3. The van der Waals surface area contributed by atoms with E-state index in [1.165, 1.54) is 18.2 Å². The van der Waals surface area contributed by atoms with Gasteiger partial charge < -0.3 is 4.74 Å². The van der Waals surface area contributed by atoms with Crippen LogP contribution in [0.15, 0.2) is 40.9 Å². The number of rotatable bonds is 5. The molecule has 0 aliphatic rings. The van der Waals surface area contributed by atoms with E-state index in [-0.39, 0.29) is 23.6 Å². The van der Waals surface area contributed by atoms with Crippen molar-refractivity contribution in [2.75, 3.05) is 0 Å². The van der Waals surface area contributed by atoms with Crippen molar-refractivity contribution in [2.24, 2.45) is 0 Å². The first kappa shape index (κ1) is 15.1. The van der Waals surface area contributed by atoms with Crippen molar-refractivity contribution in [3.8, 4) is 5.75 Å². The van der Waals surface area contributed by atoms with Crippen molar-refractivity contribution in [3.05, 3.63) is 67.9 Å². The SMILES string of the molecule is O=Cc1cc(F)cc(OCc2cccc([N+](=O)[O-])c2Br)c1. The highest BCUT2D eigenvalue weighted by Gasteiger charge is 2.15. The number of carbonyl (C=O) groups is 1. The van der Waals surface area contributed by atoms with Crippen LogP contribution < -0.4 is 4.74 Å². The zero-order valence-electron chi connectivity index (χ0n) is 10.6. The summed E-state index contributed by atoms with van der Waals surface area (Å²) in [7, 11) is 0. The molecule has 21 heavy (non-hydrogen) atoms. The number of nitro benzene ring substituents is 1. The Labute approximate surface area is 127 Å². The number of nitrogens with zero attached hydrogens (tertiary/aromatic N) is 1. The Morgan fingerprint density at radius 2 is 2.10 bits per heavy atom. The summed E-state index contributed by atoms with van der Waals surface area (Å²) in [6.45, 7) is 0.00398. The van der Waals surface area contributed by atoms with Gasteiger partial charge in [0.2, 0.25) is 0 Å². The summed E-state index contributed by atoms with van der Waals surface area (Å²) < 4.78 is 18.9. The third kappa shape index (κ3) is 3.63. The van der Waals surface area contributed by atoms with Gasteiger partial charge in [0.1, 0.15) is 28.9 Å². The van der Waals surface area contributed by atoms with Crippen LogP contribution >= 0.6 is 15.9 Å². The largest absolute Gasteiger partial charge is 0.489 e. The number of carbonyl (C=O) groups excluding carboxylic acids is 1. The molecule has 0 amide bonds. The maximum Gasteiger partial charge on any atom is 0.283 e. The second kappa shape index (κ2) is 6.45. The minimum atomic E-state index is -0.590.